The number of anilines is 1. The van der Waals surface area contributed by atoms with Gasteiger partial charge in [-0.25, -0.2) is 4.39 Å². The van der Waals surface area contributed by atoms with Gasteiger partial charge in [-0.1, -0.05) is 17.7 Å². The fourth-order valence-electron chi connectivity index (χ4n) is 1.94. The third-order valence-corrected chi connectivity index (χ3v) is 3.38. The third-order valence-electron chi connectivity index (χ3n) is 3.09. The minimum Gasteiger partial charge on any atom is -0.378 e. The summed E-state index contributed by atoms with van der Waals surface area (Å²) in [5, 5.41) is 21.1. The molecule has 0 saturated heterocycles. The minimum absolute atomic E-state index is 0.0682. The largest absolute Gasteiger partial charge is 0.378 e. The molecule has 0 aliphatic heterocycles. The van der Waals surface area contributed by atoms with E-state index < -0.39 is 5.82 Å². The van der Waals surface area contributed by atoms with Crippen molar-refractivity contribution in [3.63, 3.8) is 0 Å². The van der Waals surface area contributed by atoms with Crippen molar-refractivity contribution in [2.75, 3.05) is 5.32 Å². The molecule has 21 heavy (non-hydrogen) atoms. The lowest BCUT2D eigenvalue weighted by atomic mass is 10.1. The smallest absolute Gasteiger partial charge is 0.141 e. The van der Waals surface area contributed by atoms with Crippen molar-refractivity contribution in [1.29, 1.82) is 10.5 Å². The number of nitriles is 2. The van der Waals surface area contributed by atoms with Gasteiger partial charge in [-0.3, -0.25) is 0 Å². The molecule has 2 rings (SSSR count). The summed E-state index contributed by atoms with van der Waals surface area (Å²) >= 11 is 5.77. The molecule has 1 unspecified atom stereocenters. The zero-order valence-electron chi connectivity index (χ0n) is 11.2. The topological polar surface area (TPSA) is 59.6 Å². The van der Waals surface area contributed by atoms with E-state index in [2.05, 4.69) is 5.32 Å². The molecule has 0 bridgehead atoms. The van der Waals surface area contributed by atoms with E-state index in [0.717, 1.165) is 5.56 Å². The second-order valence-corrected chi connectivity index (χ2v) is 4.93. The number of benzene rings is 2. The summed E-state index contributed by atoms with van der Waals surface area (Å²) in [6.07, 6.45) is 0. The molecule has 2 aromatic rings. The SMILES string of the molecule is CC(Nc1ccc(C#N)c(C#N)c1)c1ccc(F)c(Cl)c1. The van der Waals surface area contributed by atoms with E-state index >= 15 is 0 Å². The van der Waals surface area contributed by atoms with E-state index in [1.54, 1.807) is 30.3 Å². The maximum atomic E-state index is 13.2. The van der Waals surface area contributed by atoms with Gasteiger partial charge in [0.05, 0.1) is 16.1 Å². The molecule has 0 aliphatic rings. The first kappa shape index (κ1) is 14.8. The van der Waals surface area contributed by atoms with Gasteiger partial charge < -0.3 is 5.32 Å². The lowest BCUT2D eigenvalue weighted by Crippen LogP contribution is -2.07. The molecular formula is C16H11ClFN3. The molecule has 0 heterocycles. The highest BCUT2D eigenvalue weighted by Crippen LogP contribution is 2.24. The Morgan fingerprint density at radius 3 is 2.43 bits per heavy atom. The number of hydrogen-bond acceptors (Lipinski definition) is 3. The average molecular weight is 300 g/mol. The van der Waals surface area contributed by atoms with Crippen LogP contribution in [0.15, 0.2) is 36.4 Å². The Hall–Kier alpha value is -2.56. The Labute approximate surface area is 127 Å². The molecule has 0 amide bonds. The Morgan fingerprint density at radius 2 is 1.81 bits per heavy atom. The van der Waals surface area contributed by atoms with Crippen LogP contribution in [-0.4, -0.2) is 0 Å². The Balaban J connectivity index is 2.23. The van der Waals surface area contributed by atoms with Gasteiger partial charge >= 0.3 is 0 Å². The molecule has 0 saturated carbocycles. The van der Waals surface area contributed by atoms with Crippen LogP contribution < -0.4 is 5.32 Å². The van der Waals surface area contributed by atoms with E-state index in [-0.39, 0.29) is 11.1 Å². The fraction of sp³-hybridized carbons (Fsp3) is 0.125. The second-order valence-electron chi connectivity index (χ2n) is 4.52. The van der Waals surface area contributed by atoms with Crippen LogP contribution in [-0.2, 0) is 0 Å². The molecule has 1 N–H and O–H groups in total. The zero-order chi connectivity index (χ0) is 15.4. The van der Waals surface area contributed by atoms with Gasteiger partial charge in [0.25, 0.3) is 0 Å². The van der Waals surface area contributed by atoms with E-state index in [1.807, 2.05) is 19.1 Å². The standard InChI is InChI=1S/C16H11ClFN3/c1-10(11-3-5-16(18)15(17)7-11)21-14-4-2-12(8-19)13(6-14)9-20/h2-7,10,21H,1H3. The number of nitrogens with one attached hydrogen (secondary N) is 1. The van der Waals surface area contributed by atoms with Crippen LogP contribution in [0.5, 0.6) is 0 Å². The van der Waals surface area contributed by atoms with E-state index in [0.29, 0.717) is 16.8 Å². The van der Waals surface area contributed by atoms with Crippen molar-refractivity contribution in [1.82, 2.24) is 0 Å². The van der Waals surface area contributed by atoms with Gasteiger partial charge in [0.2, 0.25) is 0 Å². The predicted octanol–water partition coefficient (Wildman–Crippen LogP) is 4.40. The fourth-order valence-corrected chi connectivity index (χ4v) is 2.13. The molecule has 0 aliphatic carbocycles. The first-order valence-corrected chi connectivity index (χ1v) is 6.58. The number of halogens is 2. The molecule has 0 fully saturated rings. The van der Waals surface area contributed by atoms with Crippen molar-refractivity contribution in [2.24, 2.45) is 0 Å². The lowest BCUT2D eigenvalue weighted by molar-refractivity contribution is 0.627. The van der Waals surface area contributed by atoms with Crippen LogP contribution in [0.3, 0.4) is 0 Å². The van der Waals surface area contributed by atoms with Crippen molar-refractivity contribution >= 4 is 17.3 Å². The normalized spacial score (nSPS) is 11.3. The summed E-state index contributed by atoms with van der Waals surface area (Å²) in [6.45, 7) is 1.90. The summed E-state index contributed by atoms with van der Waals surface area (Å²) < 4.78 is 13.2. The number of hydrogen-bond donors (Lipinski definition) is 1. The Bertz CT molecular complexity index is 759. The summed E-state index contributed by atoms with van der Waals surface area (Å²) in [5.74, 6) is -0.460. The average Bonchev–Trinajstić information content (AvgIpc) is 2.49. The van der Waals surface area contributed by atoms with Gasteiger partial charge in [-0.2, -0.15) is 10.5 Å². The van der Waals surface area contributed by atoms with Crippen LogP contribution in [0, 0.1) is 28.5 Å². The zero-order valence-corrected chi connectivity index (χ0v) is 11.9. The van der Waals surface area contributed by atoms with Gasteiger partial charge in [-0.15, -0.1) is 0 Å². The predicted molar refractivity (Wildman–Crippen MR) is 79.3 cm³/mol. The van der Waals surface area contributed by atoms with Crippen molar-refractivity contribution in [2.45, 2.75) is 13.0 Å². The molecule has 0 spiro atoms. The quantitative estimate of drug-likeness (QED) is 0.914. The number of rotatable bonds is 3. The molecule has 2 aromatic carbocycles. The Kier molecular flexibility index (Phi) is 4.42. The lowest BCUT2D eigenvalue weighted by Gasteiger charge is -2.16. The third kappa shape index (κ3) is 3.31. The van der Waals surface area contributed by atoms with Crippen LogP contribution in [0.25, 0.3) is 0 Å². The Morgan fingerprint density at radius 1 is 1.10 bits per heavy atom. The van der Waals surface area contributed by atoms with E-state index in [9.17, 15) is 4.39 Å². The molecule has 3 nitrogen and oxygen atoms in total. The van der Waals surface area contributed by atoms with E-state index in [1.165, 1.54) is 6.07 Å². The summed E-state index contributed by atoms with van der Waals surface area (Å²) in [7, 11) is 0. The van der Waals surface area contributed by atoms with Gasteiger partial charge in [0.1, 0.15) is 18.0 Å². The maximum absolute atomic E-state index is 13.2. The highest BCUT2D eigenvalue weighted by Gasteiger charge is 2.10. The first-order chi connectivity index (χ1) is 10.0. The minimum atomic E-state index is -0.460. The molecule has 104 valence electrons. The van der Waals surface area contributed by atoms with Crippen molar-refractivity contribution in [3.8, 4) is 12.1 Å². The monoisotopic (exact) mass is 299 g/mol. The summed E-state index contributed by atoms with van der Waals surface area (Å²) in [6, 6.07) is 13.3. The highest BCUT2D eigenvalue weighted by molar-refractivity contribution is 6.30. The van der Waals surface area contributed by atoms with Crippen LogP contribution >= 0.6 is 11.6 Å². The second kappa shape index (κ2) is 6.26. The van der Waals surface area contributed by atoms with Crippen LogP contribution in [0.2, 0.25) is 5.02 Å². The molecule has 0 radical (unpaired) electrons. The highest BCUT2D eigenvalue weighted by atomic mass is 35.5. The van der Waals surface area contributed by atoms with E-state index in [4.69, 9.17) is 22.1 Å². The van der Waals surface area contributed by atoms with Crippen molar-refractivity contribution in [3.05, 3.63) is 63.9 Å². The summed E-state index contributed by atoms with van der Waals surface area (Å²) in [4.78, 5) is 0. The van der Waals surface area contributed by atoms with Crippen LogP contribution in [0.4, 0.5) is 10.1 Å². The van der Waals surface area contributed by atoms with Crippen molar-refractivity contribution < 1.29 is 4.39 Å². The molecule has 1 atom stereocenters. The van der Waals surface area contributed by atoms with Crippen LogP contribution in [0.1, 0.15) is 29.7 Å². The molecule has 5 heteroatoms. The summed E-state index contributed by atoms with van der Waals surface area (Å²) in [5.41, 5.74) is 2.18. The van der Waals surface area contributed by atoms with Gasteiger partial charge in [0.15, 0.2) is 0 Å². The van der Waals surface area contributed by atoms with Gasteiger partial charge in [-0.05, 0) is 42.8 Å². The first-order valence-electron chi connectivity index (χ1n) is 6.21. The number of nitrogens with zero attached hydrogens (tertiary/aromatic N) is 2. The van der Waals surface area contributed by atoms with Gasteiger partial charge in [0, 0.05) is 11.7 Å². The molecular weight excluding hydrogens is 289 g/mol. The maximum Gasteiger partial charge on any atom is 0.141 e. The molecule has 0 aromatic heterocycles.